The minimum atomic E-state index is -1.01. The molecule has 0 aliphatic heterocycles. The minimum Gasteiger partial charge on any atom is -0.404 e. The van der Waals surface area contributed by atoms with Crippen molar-refractivity contribution >= 4 is 6.16 Å². The molecule has 9 nitrogen and oxygen atoms in total. The van der Waals surface area contributed by atoms with Crippen LogP contribution in [0.3, 0.4) is 0 Å². The maximum Gasteiger partial charge on any atom is 0.512 e. The van der Waals surface area contributed by atoms with E-state index >= 15 is 0 Å². The lowest BCUT2D eigenvalue weighted by atomic mass is 10.0. The van der Waals surface area contributed by atoms with Crippen molar-refractivity contribution in [3.63, 3.8) is 0 Å². The van der Waals surface area contributed by atoms with Crippen molar-refractivity contribution in [2.75, 3.05) is 0 Å². The van der Waals surface area contributed by atoms with Gasteiger partial charge in [0.1, 0.15) is 0 Å². The van der Waals surface area contributed by atoms with E-state index in [0.29, 0.717) is 11.1 Å². The Morgan fingerprint density at radius 2 is 1.06 bits per heavy atom. The van der Waals surface area contributed by atoms with Gasteiger partial charge in [-0.25, -0.2) is 14.6 Å². The second kappa shape index (κ2) is 15.5. The molecule has 0 radical (unpaired) electrons. The number of ether oxygens (including phenoxy) is 4. The monoisotopic (exact) mass is 490 g/mol. The standard InChI is InChI=1S/C25H46O9/c1-13-15-24(9,10)33-31-21(17(3)4)27-19(7)29-23(26)30-20(8)28-22(18(5)6)32-34-25(11,12)16-14-2/h19-22H,3,5,13-16H2,1-2,4,6-12H3. The van der Waals surface area contributed by atoms with Crippen molar-refractivity contribution in [1.82, 2.24) is 0 Å². The molecule has 0 amide bonds. The van der Waals surface area contributed by atoms with E-state index in [9.17, 15) is 4.79 Å². The Labute approximate surface area is 205 Å². The molecule has 0 spiro atoms. The second-order valence-corrected chi connectivity index (χ2v) is 9.63. The molecular formula is C25H46O9. The van der Waals surface area contributed by atoms with Gasteiger partial charge in [0.15, 0.2) is 0 Å². The van der Waals surface area contributed by atoms with E-state index in [1.165, 1.54) is 13.8 Å². The first-order valence-corrected chi connectivity index (χ1v) is 11.8. The van der Waals surface area contributed by atoms with Crippen LogP contribution < -0.4 is 0 Å². The molecule has 0 aromatic heterocycles. The fourth-order valence-electron chi connectivity index (χ4n) is 2.78. The van der Waals surface area contributed by atoms with Gasteiger partial charge in [0.2, 0.25) is 25.2 Å². The molecule has 0 aromatic rings. The van der Waals surface area contributed by atoms with Gasteiger partial charge in [0.05, 0.1) is 11.2 Å². The highest BCUT2D eigenvalue weighted by Gasteiger charge is 2.27. The van der Waals surface area contributed by atoms with E-state index in [4.69, 9.17) is 38.5 Å². The number of carbonyl (C=O) groups is 1. The molecule has 34 heavy (non-hydrogen) atoms. The summed E-state index contributed by atoms with van der Waals surface area (Å²) in [5, 5.41) is 0. The molecule has 4 atom stereocenters. The van der Waals surface area contributed by atoms with Gasteiger partial charge >= 0.3 is 6.16 Å². The lowest BCUT2D eigenvalue weighted by molar-refractivity contribution is -0.425. The molecular weight excluding hydrogens is 444 g/mol. The van der Waals surface area contributed by atoms with Crippen LogP contribution >= 0.6 is 0 Å². The summed E-state index contributed by atoms with van der Waals surface area (Å²) in [4.78, 5) is 33.9. The van der Waals surface area contributed by atoms with Crippen molar-refractivity contribution < 1.29 is 43.3 Å². The predicted molar refractivity (Wildman–Crippen MR) is 128 cm³/mol. The van der Waals surface area contributed by atoms with Gasteiger partial charge in [-0.2, -0.15) is 9.78 Å². The third-order valence-corrected chi connectivity index (χ3v) is 4.39. The zero-order valence-electron chi connectivity index (χ0n) is 22.7. The predicted octanol–water partition coefficient (Wildman–Crippen LogP) is 6.72. The smallest absolute Gasteiger partial charge is 0.404 e. The Bertz CT molecular complexity index is 578. The van der Waals surface area contributed by atoms with Crippen molar-refractivity contribution in [2.24, 2.45) is 0 Å². The SMILES string of the molecule is C=C(C)C(OOC(C)(C)CCC)OC(C)OC(=O)OC(C)OC(OOC(C)(C)CCC)C(=C)C. The molecule has 0 rings (SSSR count). The maximum absolute atomic E-state index is 12.2. The Balaban J connectivity index is 4.70. The summed E-state index contributed by atoms with van der Waals surface area (Å²) in [7, 11) is 0. The summed E-state index contributed by atoms with van der Waals surface area (Å²) in [5.41, 5.74) is 0.0818. The van der Waals surface area contributed by atoms with E-state index in [-0.39, 0.29) is 0 Å². The van der Waals surface area contributed by atoms with Gasteiger partial charge in [-0.05, 0) is 79.4 Å². The van der Waals surface area contributed by atoms with E-state index in [2.05, 4.69) is 27.0 Å². The third-order valence-electron chi connectivity index (χ3n) is 4.39. The van der Waals surface area contributed by atoms with Crippen LogP contribution in [0.15, 0.2) is 24.3 Å². The normalized spacial score (nSPS) is 15.8. The first-order valence-electron chi connectivity index (χ1n) is 11.8. The number of carbonyl (C=O) groups excluding carboxylic acids is 1. The molecule has 0 aliphatic carbocycles. The molecule has 0 N–H and O–H groups in total. The van der Waals surface area contributed by atoms with E-state index in [0.717, 1.165) is 25.7 Å². The number of rotatable bonds is 18. The molecule has 4 unspecified atom stereocenters. The molecule has 0 heterocycles. The fraction of sp³-hybridized carbons (Fsp3) is 0.800. The summed E-state index contributed by atoms with van der Waals surface area (Å²) in [5.74, 6) is 0. The van der Waals surface area contributed by atoms with Crippen LogP contribution in [-0.4, -0.2) is 42.5 Å². The van der Waals surface area contributed by atoms with Crippen LogP contribution in [0.25, 0.3) is 0 Å². The average Bonchev–Trinajstić information content (AvgIpc) is 2.67. The quantitative estimate of drug-likeness (QED) is 0.0682. The van der Waals surface area contributed by atoms with E-state index in [1.54, 1.807) is 13.8 Å². The van der Waals surface area contributed by atoms with Gasteiger partial charge in [-0.3, -0.25) is 0 Å². The topological polar surface area (TPSA) is 90.9 Å². The molecule has 0 saturated carbocycles. The van der Waals surface area contributed by atoms with Gasteiger partial charge in [0.25, 0.3) is 0 Å². The van der Waals surface area contributed by atoms with E-state index < -0.39 is 42.5 Å². The van der Waals surface area contributed by atoms with Crippen LogP contribution in [-0.2, 0) is 38.5 Å². The lowest BCUT2D eigenvalue weighted by Crippen LogP contribution is -2.34. The molecule has 0 fully saturated rings. The average molecular weight is 491 g/mol. The van der Waals surface area contributed by atoms with Crippen molar-refractivity contribution in [3.05, 3.63) is 24.3 Å². The zero-order chi connectivity index (χ0) is 26.5. The molecule has 200 valence electrons. The first-order chi connectivity index (χ1) is 15.6. The van der Waals surface area contributed by atoms with Gasteiger partial charge in [-0.1, -0.05) is 39.8 Å². The maximum atomic E-state index is 12.2. The summed E-state index contributed by atoms with van der Waals surface area (Å²) in [6.07, 6.45) is -1.43. The first kappa shape index (κ1) is 32.5. The Morgan fingerprint density at radius 1 is 0.735 bits per heavy atom. The highest BCUT2D eigenvalue weighted by atomic mass is 17.2. The second-order valence-electron chi connectivity index (χ2n) is 9.63. The largest absolute Gasteiger partial charge is 0.512 e. The Morgan fingerprint density at radius 3 is 1.32 bits per heavy atom. The van der Waals surface area contributed by atoms with Crippen molar-refractivity contribution in [1.29, 1.82) is 0 Å². The van der Waals surface area contributed by atoms with Crippen LogP contribution in [0, 0.1) is 0 Å². The Hall–Kier alpha value is -1.49. The van der Waals surface area contributed by atoms with Crippen molar-refractivity contribution in [3.8, 4) is 0 Å². The molecule has 0 aromatic carbocycles. The fourth-order valence-corrected chi connectivity index (χ4v) is 2.78. The summed E-state index contributed by atoms with van der Waals surface area (Å²) >= 11 is 0. The summed E-state index contributed by atoms with van der Waals surface area (Å²) < 4.78 is 21.4. The molecule has 0 saturated heterocycles. The molecule has 0 aliphatic rings. The zero-order valence-corrected chi connectivity index (χ0v) is 22.7. The van der Waals surface area contributed by atoms with Crippen LogP contribution in [0.2, 0.25) is 0 Å². The minimum absolute atomic E-state index is 0.501. The van der Waals surface area contributed by atoms with Gasteiger partial charge in [-0.15, -0.1) is 0 Å². The van der Waals surface area contributed by atoms with E-state index in [1.807, 2.05) is 27.7 Å². The van der Waals surface area contributed by atoms with Crippen molar-refractivity contribution in [2.45, 2.75) is 131 Å². The van der Waals surface area contributed by atoms with Crippen LogP contribution in [0.4, 0.5) is 4.79 Å². The third kappa shape index (κ3) is 14.7. The number of hydrogen-bond donors (Lipinski definition) is 0. The summed E-state index contributed by atoms with van der Waals surface area (Å²) in [6, 6.07) is 0. The lowest BCUT2D eigenvalue weighted by Gasteiger charge is -2.28. The van der Waals surface area contributed by atoms with Gasteiger partial charge in [0, 0.05) is 0 Å². The molecule has 0 bridgehead atoms. The van der Waals surface area contributed by atoms with Crippen LogP contribution in [0.1, 0.15) is 94.9 Å². The number of hydrogen-bond acceptors (Lipinski definition) is 9. The molecule has 9 heteroatoms. The summed E-state index contributed by atoms with van der Waals surface area (Å²) in [6.45, 7) is 25.8. The Kier molecular flexibility index (Phi) is 14.8. The van der Waals surface area contributed by atoms with Gasteiger partial charge < -0.3 is 18.9 Å². The van der Waals surface area contributed by atoms with Crippen LogP contribution in [0.5, 0.6) is 0 Å². The highest BCUT2D eigenvalue weighted by molar-refractivity contribution is 5.60. The highest BCUT2D eigenvalue weighted by Crippen LogP contribution is 2.22.